The Morgan fingerprint density at radius 1 is 1.28 bits per heavy atom. The molecule has 0 N–H and O–H groups in total. The van der Waals surface area contributed by atoms with Gasteiger partial charge in [0.25, 0.3) is 0 Å². The molecule has 0 saturated heterocycles. The van der Waals surface area contributed by atoms with Crippen LogP contribution in [0.1, 0.15) is 18.2 Å². The molecule has 4 nitrogen and oxygen atoms in total. The first kappa shape index (κ1) is 12.2. The average Bonchev–Trinajstić information content (AvgIpc) is 2.42. The molecule has 0 bridgehead atoms. The Bertz CT molecular complexity index is 565. The molecule has 0 spiro atoms. The van der Waals surface area contributed by atoms with E-state index >= 15 is 0 Å². The van der Waals surface area contributed by atoms with Gasteiger partial charge in [0.2, 0.25) is 0 Å². The van der Waals surface area contributed by atoms with Gasteiger partial charge in [0, 0.05) is 12.4 Å². The number of methoxy groups -OCH3 is 1. The van der Waals surface area contributed by atoms with E-state index in [0.717, 1.165) is 28.4 Å². The number of aromatic nitrogens is 2. The molecule has 0 aliphatic rings. The monoisotopic (exact) mass is 241 g/mol. The summed E-state index contributed by atoms with van der Waals surface area (Å²) in [6.07, 6.45) is 5.00. The second-order valence-electron chi connectivity index (χ2n) is 3.91. The third kappa shape index (κ3) is 2.53. The number of aryl methyl sites for hydroxylation is 1. The topological polar surface area (TPSA) is 47.4 Å². The minimum absolute atomic E-state index is 0.762. The van der Waals surface area contributed by atoms with Crippen molar-refractivity contribution in [1.29, 1.82) is 0 Å². The van der Waals surface area contributed by atoms with Gasteiger partial charge in [-0.1, -0.05) is 12.1 Å². The molecule has 4 heteroatoms. The molecule has 18 heavy (non-hydrogen) atoms. The first-order chi connectivity index (χ1) is 8.72. The maximum Gasteiger partial charge on any atom is 0.144 e. The second-order valence-corrected chi connectivity index (χ2v) is 3.91. The molecular formula is C14H15N3O. The summed E-state index contributed by atoms with van der Waals surface area (Å²) in [6.45, 7) is 3.92. The lowest BCUT2D eigenvalue weighted by Gasteiger charge is -2.08. The van der Waals surface area contributed by atoms with Gasteiger partial charge < -0.3 is 4.74 Å². The van der Waals surface area contributed by atoms with E-state index in [1.165, 1.54) is 0 Å². The molecule has 0 radical (unpaired) electrons. The Hall–Kier alpha value is -2.23. The van der Waals surface area contributed by atoms with Crippen LogP contribution in [0.2, 0.25) is 0 Å². The molecular weight excluding hydrogens is 226 g/mol. The lowest BCUT2D eigenvalue weighted by Crippen LogP contribution is -1.99. The fraction of sp³-hybridized carbons (Fsp3) is 0.214. The molecule has 1 aromatic carbocycles. The summed E-state index contributed by atoms with van der Waals surface area (Å²) in [6, 6.07) is 5.85. The van der Waals surface area contributed by atoms with Crippen molar-refractivity contribution in [2.45, 2.75) is 13.8 Å². The Kier molecular flexibility index (Phi) is 3.67. The van der Waals surface area contributed by atoms with Crippen LogP contribution in [0.3, 0.4) is 0 Å². The molecule has 0 saturated carbocycles. The highest BCUT2D eigenvalue weighted by molar-refractivity contribution is 5.98. The van der Waals surface area contributed by atoms with Crippen LogP contribution in [0.15, 0.2) is 41.8 Å². The molecule has 0 unspecified atom stereocenters. The second kappa shape index (κ2) is 5.40. The zero-order valence-corrected chi connectivity index (χ0v) is 10.7. The minimum atomic E-state index is 0.762. The van der Waals surface area contributed by atoms with Gasteiger partial charge in [-0.2, -0.15) is 0 Å². The number of hydrogen-bond donors (Lipinski definition) is 0. The van der Waals surface area contributed by atoms with Crippen LogP contribution < -0.4 is 4.74 Å². The van der Waals surface area contributed by atoms with E-state index in [1.54, 1.807) is 25.7 Å². The Balaban J connectivity index is 2.45. The van der Waals surface area contributed by atoms with E-state index in [2.05, 4.69) is 15.0 Å². The molecule has 0 atom stereocenters. The SMILES string of the molecule is COc1cccc(C)c1N=C(C)c1cnccn1. The fourth-order valence-corrected chi connectivity index (χ4v) is 1.65. The quantitative estimate of drug-likeness (QED) is 0.776. The van der Waals surface area contributed by atoms with Gasteiger partial charge >= 0.3 is 0 Å². The van der Waals surface area contributed by atoms with Crippen molar-refractivity contribution >= 4 is 11.4 Å². The molecule has 92 valence electrons. The molecule has 0 fully saturated rings. The number of nitrogens with zero attached hydrogens (tertiary/aromatic N) is 3. The summed E-state index contributed by atoms with van der Waals surface area (Å²) in [4.78, 5) is 12.9. The van der Waals surface area contributed by atoms with Crippen LogP contribution in [0, 0.1) is 6.92 Å². The van der Waals surface area contributed by atoms with Crippen molar-refractivity contribution in [3.63, 3.8) is 0 Å². The smallest absolute Gasteiger partial charge is 0.144 e. The van der Waals surface area contributed by atoms with E-state index < -0.39 is 0 Å². The normalized spacial score (nSPS) is 11.4. The largest absolute Gasteiger partial charge is 0.494 e. The molecule has 2 aromatic rings. The highest BCUT2D eigenvalue weighted by Crippen LogP contribution is 2.31. The van der Waals surface area contributed by atoms with Gasteiger partial charge in [0.05, 0.1) is 19.0 Å². The van der Waals surface area contributed by atoms with Crippen molar-refractivity contribution in [1.82, 2.24) is 9.97 Å². The summed E-state index contributed by atoms with van der Waals surface area (Å²) < 4.78 is 5.32. The molecule has 0 aliphatic carbocycles. The minimum Gasteiger partial charge on any atom is -0.494 e. The van der Waals surface area contributed by atoms with Gasteiger partial charge in [0.1, 0.15) is 17.1 Å². The van der Waals surface area contributed by atoms with E-state index in [9.17, 15) is 0 Å². The molecule has 2 rings (SSSR count). The highest BCUT2D eigenvalue weighted by Gasteiger charge is 2.06. The first-order valence-corrected chi connectivity index (χ1v) is 5.67. The van der Waals surface area contributed by atoms with Crippen molar-refractivity contribution < 1.29 is 4.74 Å². The first-order valence-electron chi connectivity index (χ1n) is 5.67. The lowest BCUT2D eigenvalue weighted by atomic mass is 10.2. The third-order valence-electron chi connectivity index (χ3n) is 2.63. The van der Waals surface area contributed by atoms with E-state index in [0.29, 0.717) is 0 Å². The summed E-state index contributed by atoms with van der Waals surface area (Å²) in [5.74, 6) is 0.762. The summed E-state index contributed by atoms with van der Waals surface area (Å²) in [5.41, 5.74) is 3.49. The van der Waals surface area contributed by atoms with Gasteiger partial charge in [-0.15, -0.1) is 0 Å². The summed E-state index contributed by atoms with van der Waals surface area (Å²) >= 11 is 0. The van der Waals surface area contributed by atoms with Crippen LogP contribution in [-0.4, -0.2) is 22.8 Å². The highest BCUT2D eigenvalue weighted by atomic mass is 16.5. The van der Waals surface area contributed by atoms with Crippen molar-refractivity contribution in [2.75, 3.05) is 7.11 Å². The Morgan fingerprint density at radius 2 is 2.11 bits per heavy atom. The zero-order chi connectivity index (χ0) is 13.0. The van der Waals surface area contributed by atoms with Crippen LogP contribution in [0.4, 0.5) is 5.69 Å². The van der Waals surface area contributed by atoms with E-state index in [-0.39, 0.29) is 0 Å². The van der Waals surface area contributed by atoms with Gasteiger partial charge in [-0.05, 0) is 25.5 Å². The number of para-hydroxylation sites is 1. The number of aliphatic imine (C=N–C) groups is 1. The maximum atomic E-state index is 5.32. The summed E-state index contributed by atoms with van der Waals surface area (Å²) in [7, 11) is 1.64. The van der Waals surface area contributed by atoms with E-state index in [1.807, 2.05) is 32.0 Å². The van der Waals surface area contributed by atoms with Gasteiger partial charge in [0.15, 0.2) is 0 Å². The standard InChI is InChI=1S/C14H15N3O/c1-10-5-4-6-13(18-3)14(10)17-11(2)12-9-15-7-8-16-12/h4-9H,1-3H3. The number of rotatable bonds is 3. The average molecular weight is 241 g/mol. The zero-order valence-electron chi connectivity index (χ0n) is 10.7. The lowest BCUT2D eigenvalue weighted by molar-refractivity contribution is 0.416. The fourth-order valence-electron chi connectivity index (χ4n) is 1.65. The number of ether oxygens (including phenoxy) is 1. The van der Waals surface area contributed by atoms with E-state index in [4.69, 9.17) is 4.74 Å². The predicted molar refractivity (Wildman–Crippen MR) is 71.6 cm³/mol. The van der Waals surface area contributed by atoms with Crippen molar-refractivity contribution in [2.24, 2.45) is 4.99 Å². The molecule has 1 aromatic heterocycles. The Labute approximate surface area is 106 Å². The third-order valence-corrected chi connectivity index (χ3v) is 2.63. The summed E-state index contributed by atoms with van der Waals surface area (Å²) in [5, 5.41) is 0. The number of benzene rings is 1. The van der Waals surface area contributed by atoms with Gasteiger partial charge in [-0.3, -0.25) is 9.97 Å². The van der Waals surface area contributed by atoms with Gasteiger partial charge in [-0.25, -0.2) is 4.99 Å². The Morgan fingerprint density at radius 3 is 2.78 bits per heavy atom. The molecule has 0 amide bonds. The van der Waals surface area contributed by atoms with Crippen molar-refractivity contribution in [3.05, 3.63) is 48.0 Å². The number of hydrogen-bond acceptors (Lipinski definition) is 4. The molecule has 0 aliphatic heterocycles. The van der Waals surface area contributed by atoms with Crippen LogP contribution in [-0.2, 0) is 0 Å². The molecule has 1 heterocycles. The van der Waals surface area contributed by atoms with Crippen molar-refractivity contribution in [3.8, 4) is 5.75 Å². The van der Waals surface area contributed by atoms with Crippen LogP contribution in [0.5, 0.6) is 5.75 Å². The van der Waals surface area contributed by atoms with Crippen LogP contribution in [0.25, 0.3) is 0 Å². The maximum absolute atomic E-state index is 5.32. The predicted octanol–water partition coefficient (Wildman–Crippen LogP) is 2.93. The van der Waals surface area contributed by atoms with Crippen LogP contribution >= 0.6 is 0 Å².